The van der Waals surface area contributed by atoms with Crippen LogP contribution in [0.1, 0.15) is 24.0 Å². The average molecular weight is 260 g/mol. The van der Waals surface area contributed by atoms with Crippen molar-refractivity contribution in [2.75, 3.05) is 38.3 Å². The van der Waals surface area contributed by atoms with Crippen LogP contribution < -0.4 is 10.2 Å². The minimum Gasteiger partial charge on any atom is -0.381 e. The van der Waals surface area contributed by atoms with Crippen LogP contribution in [-0.2, 0) is 17.7 Å². The summed E-state index contributed by atoms with van der Waals surface area (Å²) in [4.78, 5) is 2.59. The molecule has 0 aliphatic carbocycles. The van der Waals surface area contributed by atoms with Gasteiger partial charge in [0, 0.05) is 38.5 Å². The minimum atomic E-state index is 0.813. The summed E-state index contributed by atoms with van der Waals surface area (Å²) in [5.41, 5.74) is 4.50. The number of anilines is 1. The summed E-state index contributed by atoms with van der Waals surface area (Å²) in [6.07, 6.45) is 3.65. The Bertz CT molecular complexity index is 427. The first-order valence-electron chi connectivity index (χ1n) is 7.46. The van der Waals surface area contributed by atoms with E-state index in [-0.39, 0.29) is 0 Å². The molecule has 0 aromatic heterocycles. The summed E-state index contributed by atoms with van der Waals surface area (Å²) in [6, 6.07) is 6.75. The molecule has 1 fully saturated rings. The Morgan fingerprint density at radius 1 is 1.32 bits per heavy atom. The molecule has 2 aliphatic heterocycles. The predicted octanol–water partition coefficient (Wildman–Crippen LogP) is 2.20. The number of fused-ring (bicyclic) bond motifs is 1. The van der Waals surface area contributed by atoms with Crippen molar-refractivity contribution in [2.45, 2.75) is 25.8 Å². The molecule has 0 saturated carbocycles. The zero-order valence-corrected chi connectivity index (χ0v) is 11.8. The molecule has 3 heteroatoms. The quantitative estimate of drug-likeness (QED) is 0.898. The number of rotatable bonds is 4. The Labute approximate surface area is 115 Å². The van der Waals surface area contributed by atoms with Gasteiger partial charge in [-0.2, -0.15) is 0 Å². The molecule has 0 unspecified atom stereocenters. The van der Waals surface area contributed by atoms with Gasteiger partial charge < -0.3 is 15.0 Å². The van der Waals surface area contributed by atoms with Gasteiger partial charge in [-0.25, -0.2) is 0 Å². The first-order valence-corrected chi connectivity index (χ1v) is 7.46. The maximum absolute atomic E-state index is 5.46. The summed E-state index contributed by atoms with van der Waals surface area (Å²) in [5, 5.41) is 3.27. The van der Waals surface area contributed by atoms with Crippen LogP contribution in [0.3, 0.4) is 0 Å². The maximum atomic E-state index is 5.46. The summed E-state index contributed by atoms with van der Waals surface area (Å²) in [6.45, 7) is 5.28. The summed E-state index contributed by atoms with van der Waals surface area (Å²) < 4.78 is 5.46. The molecule has 104 valence electrons. The second kappa shape index (κ2) is 5.93. The van der Waals surface area contributed by atoms with Crippen molar-refractivity contribution in [2.24, 2.45) is 5.92 Å². The smallest absolute Gasteiger partial charge is 0.0469 e. The van der Waals surface area contributed by atoms with E-state index in [0.717, 1.165) is 25.7 Å². The molecule has 2 heterocycles. The van der Waals surface area contributed by atoms with Crippen LogP contribution >= 0.6 is 0 Å². The van der Waals surface area contributed by atoms with Crippen LogP contribution in [0.5, 0.6) is 0 Å². The molecule has 1 aromatic rings. The Morgan fingerprint density at radius 2 is 2.16 bits per heavy atom. The Morgan fingerprint density at radius 3 is 2.95 bits per heavy atom. The number of benzene rings is 1. The monoisotopic (exact) mass is 260 g/mol. The van der Waals surface area contributed by atoms with Crippen LogP contribution in [0.25, 0.3) is 0 Å². The van der Waals surface area contributed by atoms with Gasteiger partial charge in [0.05, 0.1) is 0 Å². The zero-order valence-electron chi connectivity index (χ0n) is 11.8. The standard InChI is InChI=1S/C16H24N2O/c1-17-11-14-3-2-4-16-15(14)5-8-18(16)12-13-6-9-19-10-7-13/h2-4,13,17H,5-12H2,1H3. The second-order valence-electron chi connectivity index (χ2n) is 5.70. The first kappa shape index (κ1) is 12.9. The molecule has 19 heavy (non-hydrogen) atoms. The van der Waals surface area contributed by atoms with E-state index in [2.05, 4.69) is 28.4 Å². The van der Waals surface area contributed by atoms with Crippen LogP contribution in [0.15, 0.2) is 18.2 Å². The number of hydrogen-bond donors (Lipinski definition) is 1. The van der Waals surface area contributed by atoms with Gasteiger partial charge in [0.15, 0.2) is 0 Å². The lowest BCUT2D eigenvalue weighted by atomic mass is 9.99. The van der Waals surface area contributed by atoms with E-state index in [1.54, 1.807) is 5.56 Å². The fraction of sp³-hybridized carbons (Fsp3) is 0.625. The molecule has 0 amide bonds. The van der Waals surface area contributed by atoms with Crippen LogP contribution in [0.4, 0.5) is 5.69 Å². The zero-order chi connectivity index (χ0) is 13.1. The molecule has 0 spiro atoms. The van der Waals surface area contributed by atoms with Crippen molar-refractivity contribution in [3.8, 4) is 0 Å². The Hall–Kier alpha value is -1.06. The lowest BCUT2D eigenvalue weighted by molar-refractivity contribution is 0.0683. The molecule has 2 aliphatic rings. The van der Waals surface area contributed by atoms with Crippen LogP contribution in [0.2, 0.25) is 0 Å². The molecular weight excluding hydrogens is 236 g/mol. The van der Waals surface area contributed by atoms with Gasteiger partial charge in [-0.1, -0.05) is 12.1 Å². The summed E-state index contributed by atoms with van der Waals surface area (Å²) in [7, 11) is 2.02. The fourth-order valence-corrected chi connectivity index (χ4v) is 3.36. The van der Waals surface area contributed by atoms with Crippen molar-refractivity contribution in [3.63, 3.8) is 0 Å². The summed E-state index contributed by atoms with van der Waals surface area (Å²) in [5.74, 6) is 0.813. The predicted molar refractivity (Wildman–Crippen MR) is 78.7 cm³/mol. The molecule has 1 N–H and O–H groups in total. The lowest BCUT2D eigenvalue weighted by Gasteiger charge is -2.28. The highest BCUT2D eigenvalue weighted by Gasteiger charge is 2.24. The van der Waals surface area contributed by atoms with Crippen LogP contribution in [-0.4, -0.2) is 33.4 Å². The van der Waals surface area contributed by atoms with Gasteiger partial charge in [-0.15, -0.1) is 0 Å². The highest BCUT2D eigenvalue weighted by atomic mass is 16.5. The Balaban J connectivity index is 1.72. The molecule has 0 atom stereocenters. The van der Waals surface area contributed by atoms with E-state index >= 15 is 0 Å². The summed E-state index contributed by atoms with van der Waals surface area (Å²) >= 11 is 0. The van der Waals surface area contributed by atoms with Gasteiger partial charge in [0.1, 0.15) is 0 Å². The maximum Gasteiger partial charge on any atom is 0.0469 e. The average Bonchev–Trinajstić information content (AvgIpc) is 2.85. The molecular formula is C16H24N2O. The van der Waals surface area contributed by atoms with Crippen molar-refractivity contribution >= 4 is 5.69 Å². The number of ether oxygens (including phenoxy) is 1. The molecule has 0 radical (unpaired) electrons. The van der Waals surface area contributed by atoms with E-state index < -0.39 is 0 Å². The van der Waals surface area contributed by atoms with Crippen molar-refractivity contribution in [1.82, 2.24) is 5.32 Å². The van der Waals surface area contributed by atoms with Crippen molar-refractivity contribution < 1.29 is 4.74 Å². The molecule has 0 bridgehead atoms. The molecule has 1 aromatic carbocycles. The minimum absolute atomic E-state index is 0.813. The van der Waals surface area contributed by atoms with Gasteiger partial charge in [-0.05, 0) is 49.4 Å². The van der Waals surface area contributed by atoms with Crippen LogP contribution in [0, 0.1) is 5.92 Å². The van der Waals surface area contributed by atoms with E-state index in [9.17, 15) is 0 Å². The van der Waals surface area contributed by atoms with E-state index in [4.69, 9.17) is 4.74 Å². The normalized spacial score (nSPS) is 19.7. The van der Waals surface area contributed by atoms with E-state index in [1.165, 1.54) is 43.6 Å². The molecule has 3 nitrogen and oxygen atoms in total. The third-order valence-electron chi connectivity index (χ3n) is 4.41. The third-order valence-corrected chi connectivity index (χ3v) is 4.41. The number of hydrogen-bond acceptors (Lipinski definition) is 3. The van der Waals surface area contributed by atoms with E-state index in [1.807, 2.05) is 7.05 Å². The highest BCUT2D eigenvalue weighted by Crippen LogP contribution is 2.32. The van der Waals surface area contributed by atoms with Crippen molar-refractivity contribution in [1.29, 1.82) is 0 Å². The van der Waals surface area contributed by atoms with Gasteiger partial charge >= 0.3 is 0 Å². The number of nitrogens with one attached hydrogen (secondary N) is 1. The first-order chi connectivity index (χ1) is 9.38. The highest BCUT2D eigenvalue weighted by molar-refractivity contribution is 5.60. The molecule has 3 rings (SSSR count). The van der Waals surface area contributed by atoms with Gasteiger partial charge in [0.25, 0.3) is 0 Å². The third kappa shape index (κ3) is 2.77. The molecule has 1 saturated heterocycles. The SMILES string of the molecule is CNCc1cccc2c1CCN2CC1CCOCC1. The fourth-order valence-electron chi connectivity index (χ4n) is 3.36. The Kier molecular flexibility index (Phi) is 4.04. The lowest BCUT2D eigenvalue weighted by Crippen LogP contribution is -2.31. The van der Waals surface area contributed by atoms with Gasteiger partial charge in [0.2, 0.25) is 0 Å². The number of nitrogens with zero attached hydrogens (tertiary/aromatic N) is 1. The van der Waals surface area contributed by atoms with E-state index in [0.29, 0.717) is 0 Å². The topological polar surface area (TPSA) is 24.5 Å². The van der Waals surface area contributed by atoms with Crippen molar-refractivity contribution in [3.05, 3.63) is 29.3 Å². The largest absolute Gasteiger partial charge is 0.381 e. The second-order valence-corrected chi connectivity index (χ2v) is 5.70. The van der Waals surface area contributed by atoms with Gasteiger partial charge in [-0.3, -0.25) is 0 Å².